The molecule has 0 aliphatic heterocycles. The molecular formula is C120H168N16O4. The van der Waals surface area contributed by atoms with E-state index in [0.717, 1.165) is 243 Å². The van der Waals surface area contributed by atoms with E-state index < -0.39 is 0 Å². The zero-order valence-corrected chi connectivity index (χ0v) is 88.2. The molecule has 4 aliphatic rings. The van der Waals surface area contributed by atoms with Gasteiger partial charge in [0.15, 0.2) is 0 Å². The summed E-state index contributed by atoms with van der Waals surface area (Å²) in [5, 5.41) is 14.4. The number of hydrogen-bond donors (Lipinski definition) is 4. The van der Waals surface area contributed by atoms with Gasteiger partial charge in [0.05, 0.1) is 70.3 Å². The lowest BCUT2D eigenvalue weighted by atomic mass is 10.0. The summed E-state index contributed by atoms with van der Waals surface area (Å²) in [6.45, 7) is 52.0. The Morgan fingerprint density at radius 3 is 0.871 bits per heavy atom. The van der Waals surface area contributed by atoms with Crippen molar-refractivity contribution in [1.82, 2.24) is 79.1 Å². The van der Waals surface area contributed by atoms with E-state index >= 15 is 0 Å². The van der Waals surface area contributed by atoms with Gasteiger partial charge < -0.3 is 59.1 Å². The van der Waals surface area contributed by atoms with Crippen LogP contribution in [0.4, 0.5) is 0 Å². The Hall–Kier alpha value is -10.6. The SMILES string of the molecule is CC(C)CCN(Cc1nc2ccccc2n1CC1CC1)C(=O)c1cccc(CNC(C)C(C)C)c1.CCC(C)(C)NCc1cccc(C(=O)N(CCC(C)C)Cc2nc3ccccc3n2CC2CC2)c1.CCC(CC)NCc1cccc(C(=O)N(CCC(C)C)Cc2nc3ccccc3n2CC2CC2)c1.CCCC(C)NCc1cccc(C(=O)N(CCC(C)C)Cc2nc3ccccc3n2CC2CC2)c1. The predicted octanol–water partition coefficient (Wildman–Crippen LogP) is 25.5. The molecule has 4 N–H and O–H groups in total. The summed E-state index contributed by atoms with van der Waals surface area (Å²) >= 11 is 0. The van der Waals surface area contributed by atoms with Crippen molar-refractivity contribution in [2.24, 2.45) is 53.3 Å². The number of benzene rings is 8. The number of carbonyl (C=O) groups excluding carboxylic acids is 4. The van der Waals surface area contributed by atoms with Crippen LogP contribution in [0.25, 0.3) is 44.1 Å². The van der Waals surface area contributed by atoms with Crippen molar-refractivity contribution in [2.45, 2.75) is 336 Å². The highest BCUT2D eigenvalue weighted by atomic mass is 16.2. The van der Waals surface area contributed by atoms with Crippen LogP contribution < -0.4 is 21.3 Å². The maximum atomic E-state index is 13.8. The van der Waals surface area contributed by atoms with Gasteiger partial charge in [-0.25, -0.2) is 19.9 Å². The standard InChI is InChI=1S/4C30H42N4O/c1-21(2)15-16-33(30(35)26-10-8-9-25(17-26)18-31-23(5)22(3)4)20-29-32-27-11-6-7-12-28(27)34(29)19-24-13-14-24;1-6-30(4,5)31-19-24-10-9-11-25(18-24)29(35)33(17-16-22(2)3)21-28-32-26-12-7-8-13-27(26)34(28)20-23-14-15-23;1-5-9-23(4)31-19-25-10-8-11-26(18-25)30(35)33(17-16-22(2)3)21-29-32-27-12-6-7-13-28(27)34(29)20-24-14-15-24;1-5-26(6-2)31-19-24-10-9-11-25(18-24)30(35)33(17-16-22(3)4)21-29-32-27-12-7-8-13-28(27)34(29)20-23-14-15-23/h6-12,17,21-24,31H,13-16,18-20H2,1-5H3;7-13,18,22-23,31H,6,14-17,19-21H2,1-5H3;6-8,10-13,18,22-24,31H,5,9,14-17,19-21H2,1-4H3;7-13,18,22-23,26,31H,5-6,14-17,19-21H2,1-4H3. The third-order valence-corrected chi connectivity index (χ3v) is 28.8. The van der Waals surface area contributed by atoms with Crippen LogP contribution in [0.5, 0.6) is 0 Å². The Morgan fingerprint density at radius 1 is 0.343 bits per heavy atom. The first-order valence-electron chi connectivity index (χ1n) is 53.7. The van der Waals surface area contributed by atoms with Crippen LogP contribution >= 0.6 is 0 Å². The topological polar surface area (TPSA) is 201 Å². The molecule has 0 bridgehead atoms. The molecule has 4 fully saturated rings. The van der Waals surface area contributed by atoms with Crippen molar-refractivity contribution in [1.29, 1.82) is 0 Å². The van der Waals surface area contributed by atoms with Crippen LogP contribution in [0, 0.1) is 53.3 Å². The average molecular weight is 1900 g/mol. The van der Waals surface area contributed by atoms with Crippen molar-refractivity contribution in [3.05, 3.63) is 262 Å². The number of nitrogens with zero attached hydrogens (tertiary/aromatic N) is 12. The number of amides is 4. The van der Waals surface area contributed by atoms with Crippen LogP contribution in [0.1, 0.15) is 321 Å². The minimum Gasteiger partial charge on any atom is -0.331 e. The molecule has 4 saturated carbocycles. The van der Waals surface area contributed by atoms with E-state index in [0.29, 0.717) is 73.9 Å². The van der Waals surface area contributed by atoms with Crippen LogP contribution in [-0.2, 0) is 78.5 Å². The fourth-order valence-electron chi connectivity index (χ4n) is 18.0. The first-order valence-corrected chi connectivity index (χ1v) is 53.7. The van der Waals surface area contributed by atoms with E-state index in [4.69, 9.17) is 19.9 Å². The van der Waals surface area contributed by atoms with Crippen LogP contribution in [0.15, 0.2) is 194 Å². The second-order valence-electron chi connectivity index (χ2n) is 43.7. The summed E-state index contributed by atoms with van der Waals surface area (Å²) < 4.78 is 9.43. The third-order valence-electron chi connectivity index (χ3n) is 28.8. The highest BCUT2D eigenvalue weighted by molar-refractivity contribution is 5.96. The molecule has 0 saturated heterocycles. The highest BCUT2D eigenvalue weighted by Gasteiger charge is 2.33. The summed E-state index contributed by atoms with van der Waals surface area (Å²) in [6.07, 6.45) is 19.8. The first-order chi connectivity index (χ1) is 67.5. The molecule has 16 rings (SSSR count). The molecule has 4 amide bonds. The van der Waals surface area contributed by atoms with Crippen molar-refractivity contribution in [3.63, 3.8) is 0 Å². The molecule has 4 aliphatic carbocycles. The number of fused-ring (bicyclic) bond motifs is 4. The molecule has 20 heteroatoms. The van der Waals surface area contributed by atoms with E-state index in [1.165, 1.54) is 79.9 Å². The van der Waals surface area contributed by atoms with Gasteiger partial charge in [-0.1, -0.05) is 200 Å². The number of aromatic nitrogens is 8. The lowest BCUT2D eigenvalue weighted by Crippen LogP contribution is -2.38. The Kier molecular flexibility index (Phi) is 39.5. The second-order valence-corrected chi connectivity index (χ2v) is 43.7. The third kappa shape index (κ3) is 31.9. The minimum atomic E-state index is 0.0734. The van der Waals surface area contributed by atoms with Gasteiger partial charge in [-0.15, -0.1) is 0 Å². The first kappa shape index (κ1) is 107. The van der Waals surface area contributed by atoms with E-state index in [2.05, 4.69) is 285 Å². The van der Waals surface area contributed by atoms with Gasteiger partial charge in [0.2, 0.25) is 0 Å². The summed E-state index contributed by atoms with van der Waals surface area (Å²) in [5.41, 5.74) is 16.5. The van der Waals surface area contributed by atoms with E-state index in [-0.39, 0.29) is 29.2 Å². The second kappa shape index (κ2) is 51.9. The molecule has 12 aromatic rings. The Balaban J connectivity index is 0.000000157. The lowest BCUT2D eigenvalue weighted by molar-refractivity contribution is 0.0722. The largest absolute Gasteiger partial charge is 0.331 e. The van der Waals surface area contributed by atoms with E-state index in [1.54, 1.807) is 0 Å². The van der Waals surface area contributed by atoms with Crippen LogP contribution in [-0.4, -0.2) is 131 Å². The number of para-hydroxylation sites is 8. The Bertz CT molecular complexity index is 5760. The van der Waals surface area contributed by atoms with E-state index in [9.17, 15) is 19.2 Å². The molecule has 2 atom stereocenters. The van der Waals surface area contributed by atoms with Crippen LogP contribution in [0.3, 0.4) is 0 Å². The smallest absolute Gasteiger partial charge is 0.254 e. The quantitative estimate of drug-likeness (QED) is 0.0282. The fourth-order valence-corrected chi connectivity index (χ4v) is 18.0. The molecule has 0 spiro atoms. The average Bonchev–Trinajstić information content (AvgIpc) is 1.65. The number of imidazole rings is 4. The molecule has 20 nitrogen and oxygen atoms in total. The molecule has 0 radical (unpaired) electrons. The highest BCUT2D eigenvalue weighted by Crippen LogP contribution is 2.38. The van der Waals surface area contributed by atoms with Crippen molar-refractivity contribution in [2.75, 3.05) is 26.2 Å². The van der Waals surface area contributed by atoms with Gasteiger partial charge in [-0.05, 0) is 303 Å². The molecule has 8 aromatic carbocycles. The zero-order valence-electron chi connectivity index (χ0n) is 88.2. The summed E-state index contributed by atoms with van der Waals surface area (Å²) in [7, 11) is 0. The van der Waals surface area contributed by atoms with Gasteiger partial charge in [0, 0.05) is 124 Å². The maximum Gasteiger partial charge on any atom is 0.254 e. The van der Waals surface area contributed by atoms with Gasteiger partial charge in [0.1, 0.15) is 23.3 Å². The van der Waals surface area contributed by atoms with Crippen LogP contribution in [0.2, 0.25) is 0 Å². The number of rotatable bonds is 50. The van der Waals surface area contributed by atoms with Gasteiger partial charge in [-0.3, -0.25) is 19.2 Å². The zero-order chi connectivity index (χ0) is 99.5. The molecule has 2 unspecified atom stereocenters. The minimum absolute atomic E-state index is 0.0734. The number of nitrogens with one attached hydrogen (secondary N) is 4. The maximum absolute atomic E-state index is 13.8. The van der Waals surface area contributed by atoms with Gasteiger partial charge in [-0.2, -0.15) is 0 Å². The summed E-state index contributed by atoms with van der Waals surface area (Å²) in [6, 6.07) is 67.4. The van der Waals surface area contributed by atoms with Crippen molar-refractivity contribution < 1.29 is 19.2 Å². The summed E-state index contributed by atoms with van der Waals surface area (Å²) in [4.78, 5) is 83.1. The number of hydrogen-bond acceptors (Lipinski definition) is 12. The monoisotopic (exact) mass is 1900 g/mol. The van der Waals surface area contributed by atoms with E-state index in [1.807, 2.05) is 92.4 Å². The molecular weight excluding hydrogens is 1730 g/mol. The normalized spacial score (nSPS) is 14.3. The summed E-state index contributed by atoms with van der Waals surface area (Å²) in [5.74, 6) is 10.0. The van der Waals surface area contributed by atoms with Crippen molar-refractivity contribution in [3.8, 4) is 0 Å². The predicted molar refractivity (Wildman–Crippen MR) is 577 cm³/mol. The molecule has 752 valence electrons. The Labute approximate surface area is 838 Å². The molecule has 4 heterocycles. The lowest BCUT2D eigenvalue weighted by Gasteiger charge is -2.26. The fraction of sp³-hybridized carbons (Fsp3) is 0.533. The van der Waals surface area contributed by atoms with Gasteiger partial charge in [0.25, 0.3) is 23.6 Å². The number of carbonyl (C=O) groups is 4. The van der Waals surface area contributed by atoms with Gasteiger partial charge >= 0.3 is 0 Å². The molecule has 140 heavy (non-hydrogen) atoms. The van der Waals surface area contributed by atoms with Crippen molar-refractivity contribution >= 4 is 67.8 Å². The Morgan fingerprint density at radius 2 is 0.614 bits per heavy atom. The molecule has 4 aromatic heterocycles.